The summed E-state index contributed by atoms with van der Waals surface area (Å²) in [7, 11) is 3.69. The molecular formula is C25H31N2O4P. The van der Waals surface area contributed by atoms with Crippen molar-refractivity contribution in [1.29, 1.82) is 0 Å². The molecule has 6 nitrogen and oxygen atoms in total. The third-order valence-electron chi connectivity index (χ3n) is 5.20. The number of nitrogens with zero attached hydrogens (tertiary/aromatic N) is 1. The zero-order valence-electron chi connectivity index (χ0n) is 19.2. The standard InChI is InChI=1S/C25H31N2O4P/c1-6-31-32(28,22-15-12-20(13-16-22)27(2)3)25(26-19-10-8-7-9-11-19)23-18-21(29-4)14-17-24(23)30-5/h7-18,25-26H,6H2,1-5H3. The molecule has 3 aromatic rings. The average molecular weight is 455 g/mol. The molecule has 0 aliphatic heterocycles. The average Bonchev–Trinajstić information content (AvgIpc) is 2.83. The molecule has 0 aromatic heterocycles. The summed E-state index contributed by atoms with van der Waals surface area (Å²) >= 11 is 0. The van der Waals surface area contributed by atoms with Gasteiger partial charge in [0.05, 0.1) is 20.8 Å². The number of hydrogen-bond donors (Lipinski definition) is 1. The number of para-hydroxylation sites is 1. The largest absolute Gasteiger partial charge is 0.497 e. The van der Waals surface area contributed by atoms with Crippen LogP contribution in [0, 0.1) is 0 Å². The molecule has 0 saturated carbocycles. The van der Waals surface area contributed by atoms with Crippen molar-refractivity contribution in [1.82, 2.24) is 0 Å². The summed E-state index contributed by atoms with van der Waals surface area (Å²) in [5.41, 5.74) is 2.54. The minimum atomic E-state index is -3.45. The van der Waals surface area contributed by atoms with E-state index in [1.807, 2.05) is 98.7 Å². The van der Waals surface area contributed by atoms with Gasteiger partial charge in [0.2, 0.25) is 0 Å². The molecule has 0 spiro atoms. The topological polar surface area (TPSA) is 60.0 Å². The van der Waals surface area contributed by atoms with E-state index in [9.17, 15) is 4.57 Å². The molecule has 0 amide bonds. The number of ether oxygens (including phenoxy) is 2. The van der Waals surface area contributed by atoms with Crippen molar-refractivity contribution in [3.05, 3.63) is 78.4 Å². The Morgan fingerprint density at radius 3 is 2.19 bits per heavy atom. The molecule has 0 aliphatic rings. The lowest BCUT2D eigenvalue weighted by atomic mass is 10.1. The highest BCUT2D eigenvalue weighted by molar-refractivity contribution is 7.67. The van der Waals surface area contributed by atoms with E-state index in [-0.39, 0.29) is 0 Å². The fraction of sp³-hybridized carbons (Fsp3) is 0.280. The van der Waals surface area contributed by atoms with E-state index in [1.165, 1.54) is 0 Å². The van der Waals surface area contributed by atoms with Crippen LogP contribution in [0.1, 0.15) is 18.3 Å². The SMILES string of the molecule is CCOP(=O)(c1ccc(N(C)C)cc1)C(Nc1ccccc1)c1cc(OC)ccc1OC. The van der Waals surface area contributed by atoms with Crippen LogP contribution < -0.4 is 25.0 Å². The molecule has 3 aromatic carbocycles. The van der Waals surface area contributed by atoms with Crippen LogP contribution in [-0.4, -0.2) is 34.9 Å². The zero-order chi connectivity index (χ0) is 23.1. The Balaban J connectivity index is 2.20. The predicted octanol–water partition coefficient (Wildman–Crippen LogP) is 5.52. The minimum Gasteiger partial charge on any atom is -0.497 e. The normalized spacial score (nSPS) is 13.7. The van der Waals surface area contributed by atoms with Gasteiger partial charge in [-0.25, -0.2) is 0 Å². The van der Waals surface area contributed by atoms with Crippen molar-refractivity contribution < 1.29 is 18.6 Å². The molecule has 32 heavy (non-hydrogen) atoms. The van der Waals surface area contributed by atoms with Gasteiger partial charge in [-0.1, -0.05) is 18.2 Å². The van der Waals surface area contributed by atoms with Gasteiger partial charge >= 0.3 is 0 Å². The summed E-state index contributed by atoms with van der Waals surface area (Å²) in [6.45, 7) is 2.15. The highest BCUT2D eigenvalue weighted by atomic mass is 31.2. The number of benzene rings is 3. The number of nitrogens with one attached hydrogen (secondary N) is 1. The first-order chi connectivity index (χ1) is 15.4. The molecule has 7 heteroatoms. The third-order valence-corrected chi connectivity index (χ3v) is 7.94. The molecule has 0 radical (unpaired) electrons. The van der Waals surface area contributed by atoms with Gasteiger partial charge in [0, 0.05) is 36.3 Å². The van der Waals surface area contributed by atoms with Crippen LogP contribution in [0.4, 0.5) is 11.4 Å². The second-order valence-electron chi connectivity index (χ2n) is 7.45. The molecule has 0 aliphatic carbocycles. The van der Waals surface area contributed by atoms with Crippen LogP contribution in [0.3, 0.4) is 0 Å². The Morgan fingerprint density at radius 2 is 1.62 bits per heavy atom. The summed E-state index contributed by atoms with van der Waals surface area (Å²) < 4.78 is 31.8. The number of rotatable bonds is 10. The highest BCUT2D eigenvalue weighted by Gasteiger charge is 2.39. The Bertz CT molecular complexity index is 1060. The van der Waals surface area contributed by atoms with Crippen LogP contribution in [0.5, 0.6) is 11.5 Å². The van der Waals surface area contributed by atoms with Crippen molar-refractivity contribution in [3.8, 4) is 11.5 Å². The van der Waals surface area contributed by atoms with E-state index in [1.54, 1.807) is 14.2 Å². The van der Waals surface area contributed by atoms with Gasteiger partial charge in [0.1, 0.15) is 17.3 Å². The van der Waals surface area contributed by atoms with Crippen LogP contribution in [-0.2, 0) is 9.09 Å². The molecular weight excluding hydrogens is 423 g/mol. The highest BCUT2D eigenvalue weighted by Crippen LogP contribution is 2.60. The Kier molecular flexibility index (Phi) is 7.84. The third kappa shape index (κ3) is 5.09. The number of methoxy groups -OCH3 is 2. The fourth-order valence-electron chi connectivity index (χ4n) is 3.54. The van der Waals surface area contributed by atoms with Crippen molar-refractivity contribution >= 4 is 24.0 Å². The molecule has 3 rings (SSSR count). The maximum Gasteiger partial charge on any atom is 0.258 e. The number of hydrogen-bond acceptors (Lipinski definition) is 6. The van der Waals surface area contributed by atoms with Crippen molar-refractivity contribution in [2.75, 3.05) is 45.1 Å². The maximum absolute atomic E-state index is 14.7. The quantitative estimate of drug-likeness (QED) is 0.407. The first kappa shape index (κ1) is 23.7. The van der Waals surface area contributed by atoms with Gasteiger partial charge in [0.15, 0.2) is 0 Å². The lowest BCUT2D eigenvalue weighted by Crippen LogP contribution is -2.21. The van der Waals surface area contributed by atoms with Crippen LogP contribution in [0.15, 0.2) is 72.8 Å². The molecule has 0 fully saturated rings. The summed E-state index contributed by atoms with van der Waals surface area (Å²) in [5, 5.41) is 4.08. The lowest BCUT2D eigenvalue weighted by molar-refractivity contribution is 0.334. The maximum atomic E-state index is 14.7. The molecule has 170 valence electrons. The molecule has 0 heterocycles. The van der Waals surface area contributed by atoms with Gasteiger partial charge in [-0.15, -0.1) is 0 Å². The Labute approximate surface area is 190 Å². The monoisotopic (exact) mass is 454 g/mol. The summed E-state index contributed by atoms with van der Waals surface area (Å²) in [6, 6.07) is 22.8. The molecule has 0 saturated heterocycles. The van der Waals surface area contributed by atoms with Crippen LogP contribution in [0.2, 0.25) is 0 Å². The summed E-state index contributed by atoms with van der Waals surface area (Å²) in [4.78, 5) is 2.00. The van der Waals surface area contributed by atoms with Gasteiger partial charge in [-0.2, -0.15) is 0 Å². The van der Waals surface area contributed by atoms with E-state index >= 15 is 0 Å². The lowest BCUT2D eigenvalue weighted by Gasteiger charge is -2.31. The Hall–Kier alpha value is -2.95. The van der Waals surface area contributed by atoms with Crippen molar-refractivity contribution in [2.24, 2.45) is 0 Å². The molecule has 2 atom stereocenters. The van der Waals surface area contributed by atoms with Gasteiger partial charge in [0.25, 0.3) is 7.37 Å². The van der Waals surface area contributed by atoms with E-state index < -0.39 is 13.2 Å². The fourth-order valence-corrected chi connectivity index (χ4v) is 5.97. The summed E-state index contributed by atoms with van der Waals surface area (Å²) in [5.74, 6) is 0.552. The van der Waals surface area contributed by atoms with Crippen molar-refractivity contribution in [2.45, 2.75) is 12.7 Å². The summed E-state index contributed by atoms with van der Waals surface area (Å²) in [6.07, 6.45) is 0. The van der Waals surface area contributed by atoms with Gasteiger partial charge in [-0.05, 0) is 61.5 Å². The second-order valence-corrected chi connectivity index (χ2v) is 9.93. The molecule has 0 bridgehead atoms. The molecule has 2 unspecified atom stereocenters. The molecule has 1 N–H and O–H groups in total. The van der Waals surface area contributed by atoms with Crippen LogP contribution in [0.25, 0.3) is 0 Å². The first-order valence-corrected chi connectivity index (χ1v) is 12.2. The predicted molar refractivity (Wildman–Crippen MR) is 132 cm³/mol. The van der Waals surface area contributed by atoms with E-state index in [2.05, 4.69) is 5.32 Å². The Morgan fingerprint density at radius 1 is 0.938 bits per heavy atom. The smallest absolute Gasteiger partial charge is 0.258 e. The minimum absolute atomic E-state index is 0.298. The van der Waals surface area contributed by atoms with Crippen molar-refractivity contribution in [3.63, 3.8) is 0 Å². The van der Waals surface area contributed by atoms with E-state index in [0.717, 1.165) is 11.4 Å². The van der Waals surface area contributed by atoms with Gasteiger partial charge in [-0.3, -0.25) is 4.57 Å². The second kappa shape index (κ2) is 10.6. The van der Waals surface area contributed by atoms with Gasteiger partial charge < -0.3 is 24.2 Å². The van der Waals surface area contributed by atoms with Crippen LogP contribution >= 0.6 is 7.37 Å². The first-order valence-electron chi connectivity index (χ1n) is 10.5. The van der Waals surface area contributed by atoms with E-state index in [4.69, 9.17) is 14.0 Å². The zero-order valence-corrected chi connectivity index (χ0v) is 20.1. The van der Waals surface area contributed by atoms with E-state index in [0.29, 0.717) is 29.0 Å². The number of anilines is 2.